The van der Waals surface area contributed by atoms with Gasteiger partial charge in [0.05, 0.1) is 5.56 Å². The zero-order chi connectivity index (χ0) is 22.5. The number of urea groups is 1. The number of carboxylic acid groups (broad SMARTS) is 1. The zero-order valence-electron chi connectivity index (χ0n) is 17.3. The van der Waals surface area contributed by atoms with Crippen LogP contribution in [0.5, 0.6) is 0 Å². The van der Waals surface area contributed by atoms with E-state index in [9.17, 15) is 14.4 Å². The summed E-state index contributed by atoms with van der Waals surface area (Å²) < 4.78 is 0. The van der Waals surface area contributed by atoms with Gasteiger partial charge >= 0.3 is 12.0 Å². The molecule has 0 aromatic heterocycles. The molecule has 162 valence electrons. The summed E-state index contributed by atoms with van der Waals surface area (Å²) in [6.45, 7) is 0.530. The summed E-state index contributed by atoms with van der Waals surface area (Å²) in [5.74, 6) is -1.18. The molecule has 3 N–H and O–H groups in total. The lowest BCUT2D eigenvalue weighted by Crippen LogP contribution is -2.45. The first-order chi connectivity index (χ1) is 15.5. The standard InChI is InChI=1S/C25H23N3O4/c29-23(22-7-4-16-28(22)25(32)27-20-5-2-1-3-6-20)26-21-14-12-18(13-15-21)17-8-10-19(11-9-17)24(30)31/h1-3,5-6,8-15,22H,4,7,16H2,(H,26,29)(H,27,32)(H,30,31). The van der Waals surface area contributed by atoms with E-state index < -0.39 is 12.0 Å². The van der Waals surface area contributed by atoms with Crippen LogP contribution >= 0.6 is 0 Å². The number of carbonyl (C=O) groups excluding carboxylic acids is 2. The predicted octanol–water partition coefficient (Wildman–Crippen LogP) is 4.69. The second kappa shape index (κ2) is 9.34. The molecule has 1 fully saturated rings. The average molecular weight is 429 g/mol. The first-order valence-electron chi connectivity index (χ1n) is 10.4. The molecule has 1 saturated heterocycles. The van der Waals surface area contributed by atoms with Crippen LogP contribution in [0.15, 0.2) is 78.9 Å². The van der Waals surface area contributed by atoms with E-state index in [1.807, 2.05) is 30.3 Å². The molecule has 1 aliphatic rings. The van der Waals surface area contributed by atoms with Crippen molar-refractivity contribution in [3.63, 3.8) is 0 Å². The Hall–Kier alpha value is -4.13. The van der Waals surface area contributed by atoms with Crippen LogP contribution < -0.4 is 10.6 Å². The number of rotatable bonds is 5. The van der Waals surface area contributed by atoms with Crippen LogP contribution in [0.25, 0.3) is 11.1 Å². The van der Waals surface area contributed by atoms with Crippen LogP contribution in [-0.2, 0) is 4.79 Å². The monoisotopic (exact) mass is 429 g/mol. The Kier molecular flexibility index (Phi) is 6.17. The van der Waals surface area contributed by atoms with Crippen molar-refractivity contribution in [2.45, 2.75) is 18.9 Å². The van der Waals surface area contributed by atoms with Gasteiger partial charge in [0.15, 0.2) is 0 Å². The van der Waals surface area contributed by atoms with Gasteiger partial charge in [0.2, 0.25) is 5.91 Å². The highest BCUT2D eigenvalue weighted by molar-refractivity contribution is 5.99. The van der Waals surface area contributed by atoms with Gasteiger partial charge in [0.25, 0.3) is 0 Å². The number of nitrogens with one attached hydrogen (secondary N) is 2. The van der Waals surface area contributed by atoms with Crippen molar-refractivity contribution in [1.29, 1.82) is 0 Å². The number of nitrogens with zero attached hydrogens (tertiary/aromatic N) is 1. The highest BCUT2D eigenvalue weighted by Crippen LogP contribution is 2.24. The van der Waals surface area contributed by atoms with Gasteiger partial charge in [-0.2, -0.15) is 0 Å². The van der Waals surface area contributed by atoms with E-state index in [0.29, 0.717) is 24.3 Å². The molecule has 0 bridgehead atoms. The summed E-state index contributed by atoms with van der Waals surface area (Å²) in [4.78, 5) is 38.1. The first kappa shape index (κ1) is 21.1. The third-order valence-electron chi connectivity index (χ3n) is 5.46. The Morgan fingerprint density at radius 2 is 1.38 bits per heavy atom. The average Bonchev–Trinajstić information content (AvgIpc) is 3.31. The van der Waals surface area contributed by atoms with Crippen molar-refractivity contribution < 1.29 is 19.5 Å². The molecule has 3 aromatic carbocycles. The minimum absolute atomic E-state index is 0.218. The lowest BCUT2D eigenvalue weighted by molar-refractivity contribution is -0.119. The number of anilines is 2. The number of likely N-dealkylation sites (tertiary alicyclic amines) is 1. The van der Waals surface area contributed by atoms with E-state index in [4.69, 9.17) is 5.11 Å². The number of benzene rings is 3. The number of hydrogen-bond donors (Lipinski definition) is 3. The number of carboxylic acids is 1. The van der Waals surface area contributed by atoms with Gasteiger partial charge in [-0.25, -0.2) is 9.59 Å². The van der Waals surface area contributed by atoms with Gasteiger partial charge in [0.1, 0.15) is 6.04 Å². The van der Waals surface area contributed by atoms with Gasteiger partial charge in [-0.1, -0.05) is 42.5 Å². The molecule has 0 spiro atoms. The van der Waals surface area contributed by atoms with Gasteiger partial charge in [-0.05, 0) is 60.4 Å². The molecule has 1 heterocycles. The fraction of sp³-hybridized carbons (Fsp3) is 0.160. The number of aromatic carboxylic acids is 1. The molecule has 0 aliphatic carbocycles. The van der Waals surface area contributed by atoms with Crippen molar-refractivity contribution >= 4 is 29.3 Å². The van der Waals surface area contributed by atoms with Crippen LogP contribution in [0, 0.1) is 0 Å². The third kappa shape index (κ3) is 4.78. The van der Waals surface area contributed by atoms with Gasteiger partial charge in [0, 0.05) is 17.9 Å². The second-order valence-corrected chi connectivity index (χ2v) is 7.60. The SMILES string of the molecule is O=C(O)c1ccc(-c2ccc(NC(=O)C3CCCN3C(=O)Nc3ccccc3)cc2)cc1. The Morgan fingerprint density at radius 3 is 2.00 bits per heavy atom. The smallest absolute Gasteiger partial charge is 0.335 e. The van der Waals surface area contributed by atoms with Crippen LogP contribution in [0.3, 0.4) is 0 Å². The topological polar surface area (TPSA) is 98.7 Å². The molecule has 7 nitrogen and oxygen atoms in total. The van der Waals surface area contributed by atoms with Crippen LogP contribution in [-0.4, -0.2) is 40.5 Å². The Balaban J connectivity index is 1.39. The fourth-order valence-electron chi connectivity index (χ4n) is 3.78. The molecule has 1 unspecified atom stereocenters. The van der Waals surface area contributed by atoms with Crippen LogP contribution in [0.2, 0.25) is 0 Å². The van der Waals surface area contributed by atoms with E-state index in [0.717, 1.165) is 17.5 Å². The normalized spacial score (nSPS) is 15.2. The molecule has 0 radical (unpaired) electrons. The highest BCUT2D eigenvalue weighted by Gasteiger charge is 2.34. The minimum atomic E-state index is -0.965. The number of para-hydroxylation sites is 1. The van der Waals surface area contributed by atoms with Crippen LogP contribution in [0.1, 0.15) is 23.2 Å². The summed E-state index contributed by atoms with van der Waals surface area (Å²) in [5.41, 5.74) is 3.35. The lowest BCUT2D eigenvalue weighted by atomic mass is 10.0. The van der Waals surface area contributed by atoms with E-state index in [-0.39, 0.29) is 17.5 Å². The van der Waals surface area contributed by atoms with Crippen molar-refractivity contribution in [3.05, 3.63) is 84.4 Å². The van der Waals surface area contributed by atoms with Gasteiger partial charge < -0.3 is 20.6 Å². The second-order valence-electron chi connectivity index (χ2n) is 7.60. The number of amides is 3. The zero-order valence-corrected chi connectivity index (χ0v) is 17.3. The quantitative estimate of drug-likeness (QED) is 0.548. The Morgan fingerprint density at radius 1 is 0.781 bits per heavy atom. The van der Waals surface area contributed by atoms with Gasteiger partial charge in [-0.15, -0.1) is 0 Å². The summed E-state index contributed by atoms with van der Waals surface area (Å²) >= 11 is 0. The molecule has 0 saturated carbocycles. The maximum absolute atomic E-state index is 12.8. The molecule has 3 amide bonds. The van der Waals surface area contributed by atoms with E-state index in [2.05, 4.69) is 10.6 Å². The van der Waals surface area contributed by atoms with E-state index >= 15 is 0 Å². The molecular formula is C25H23N3O4. The minimum Gasteiger partial charge on any atom is -0.478 e. The van der Waals surface area contributed by atoms with Crippen LogP contribution in [0.4, 0.5) is 16.2 Å². The largest absolute Gasteiger partial charge is 0.478 e. The summed E-state index contributed by atoms with van der Waals surface area (Å²) in [6, 6.07) is 22.3. The number of carbonyl (C=O) groups is 3. The molecule has 1 atom stereocenters. The van der Waals surface area contributed by atoms with E-state index in [1.54, 1.807) is 53.4 Å². The fourth-order valence-corrected chi connectivity index (χ4v) is 3.78. The number of hydrogen-bond acceptors (Lipinski definition) is 3. The maximum atomic E-state index is 12.8. The highest BCUT2D eigenvalue weighted by atomic mass is 16.4. The van der Waals surface area contributed by atoms with Gasteiger partial charge in [-0.3, -0.25) is 4.79 Å². The molecule has 4 rings (SSSR count). The van der Waals surface area contributed by atoms with Crippen molar-refractivity contribution in [2.24, 2.45) is 0 Å². The molecule has 32 heavy (non-hydrogen) atoms. The summed E-state index contributed by atoms with van der Waals surface area (Å²) in [6.07, 6.45) is 1.38. The van der Waals surface area contributed by atoms with Crippen molar-refractivity contribution in [2.75, 3.05) is 17.2 Å². The molecule has 1 aliphatic heterocycles. The summed E-state index contributed by atoms with van der Waals surface area (Å²) in [5, 5.41) is 14.8. The lowest BCUT2D eigenvalue weighted by Gasteiger charge is -2.24. The van der Waals surface area contributed by atoms with Crippen molar-refractivity contribution in [3.8, 4) is 11.1 Å². The predicted molar refractivity (Wildman–Crippen MR) is 123 cm³/mol. The van der Waals surface area contributed by atoms with Crippen molar-refractivity contribution in [1.82, 2.24) is 4.90 Å². The third-order valence-corrected chi connectivity index (χ3v) is 5.46. The molecule has 7 heteroatoms. The Labute approximate surface area is 185 Å². The molecular weight excluding hydrogens is 406 g/mol. The maximum Gasteiger partial charge on any atom is 0.335 e. The summed E-state index contributed by atoms with van der Waals surface area (Å²) in [7, 11) is 0. The Bertz CT molecular complexity index is 1110. The first-order valence-corrected chi connectivity index (χ1v) is 10.4. The molecule has 3 aromatic rings. The van der Waals surface area contributed by atoms with E-state index in [1.165, 1.54) is 0 Å².